The molecule has 1 unspecified atom stereocenters. The van der Waals surface area contributed by atoms with E-state index in [1.807, 2.05) is 0 Å². The summed E-state index contributed by atoms with van der Waals surface area (Å²) >= 11 is 3.51. The maximum Gasteiger partial charge on any atom is 0.000333 e. The van der Waals surface area contributed by atoms with Gasteiger partial charge < -0.3 is 0 Å². The van der Waals surface area contributed by atoms with Crippen LogP contribution in [-0.2, 0) is 12.6 Å². The second-order valence-corrected chi connectivity index (χ2v) is 5.18. The van der Waals surface area contributed by atoms with Gasteiger partial charge in [-0.15, -0.1) is 0 Å². The lowest BCUT2D eigenvalue weighted by Gasteiger charge is -2.08. The fourth-order valence-electron chi connectivity index (χ4n) is 1.41. The molecule has 2 heteroatoms. The van der Waals surface area contributed by atoms with Crippen molar-refractivity contribution in [2.24, 2.45) is 0 Å². The fraction of sp³-hybridized carbons (Fsp3) is 0.400. The molecular weight excluding hydrogens is 231 g/mol. The quantitative estimate of drug-likeness (QED) is 0.705. The third kappa shape index (κ3) is 2.31. The first-order chi connectivity index (χ1) is 5.79. The molecule has 12 heavy (non-hydrogen) atoms. The first kappa shape index (κ1) is 10.2. The second-order valence-electron chi connectivity index (χ2n) is 2.88. The molecule has 0 heterocycles. The summed E-state index contributed by atoms with van der Waals surface area (Å²) < 4.78 is 0. The van der Waals surface area contributed by atoms with Crippen molar-refractivity contribution in [3.8, 4) is 0 Å². The monoisotopic (exact) mass is 244 g/mol. The predicted molar refractivity (Wildman–Crippen MR) is 61.5 cm³/mol. The molecule has 0 saturated carbocycles. The molecule has 0 amide bonds. The smallest absolute Gasteiger partial charge is 0.000333 e. The van der Waals surface area contributed by atoms with Crippen LogP contribution in [0.25, 0.3) is 0 Å². The number of halogens is 1. The van der Waals surface area contributed by atoms with Gasteiger partial charge in [0, 0.05) is 6.16 Å². The molecule has 1 aromatic carbocycles. The van der Waals surface area contributed by atoms with Crippen molar-refractivity contribution in [2.45, 2.75) is 26.4 Å². The van der Waals surface area contributed by atoms with E-state index in [4.69, 9.17) is 0 Å². The van der Waals surface area contributed by atoms with Gasteiger partial charge in [0.1, 0.15) is 0 Å². The SMILES string of the molecule is CCc1cccc(C)c1CPBr. The van der Waals surface area contributed by atoms with Crippen molar-refractivity contribution in [3.63, 3.8) is 0 Å². The maximum atomic E-state index is 3.51. The van der Waals surface area contributed by atoms with E-state index in [9.17, 15) is 0 Å². The second kappa shape index (κ2) is 4.99. The van der Waals surface area contributed by atoms with Gasteiger partial charge in [-0.1, -0.05) is 40.6 Å². The highest BCUT2D eigenvalue weighted by Gasteiger charge is 2.01. The Morgan fingerprint density at radius 1 is 1.42 bits per heavy atom. The molecule has 0 fully saturated rings. The normalized spacial score (nSPS) is 11.2. The van der Waals surface area contributed by atoms with Gasteiger partial charge in [-0.2, -0.15) is 0 Å². The van der Waals surface area contributed by atoms with Gasteiger partial charge in [-0.05, 0) is 37.3 Å². The van der Waals surface area contributed by atoms with Crippen molar-refractivity contribution in [3.05, 3.63) is 34.9 Å². The number of rotatable bonds is 3. The summed E-state index contributed by atoms with van der Waals surface area (Å²) in [6, 6.07) is 6.58. The number of benzene rings is 1. The molecule has 66 valence electrons. The average Bonchev–Trinajstić information content (AvgIpc) is 2.09. The number of aryl methyl sites for hydroxylation is 2. The summed E-state index contributed by atoms with van der Waals surface area (Å²) in [5, 5.41) is 0. The van der Waals surface area contributed by atoms with Gasteiger partial charge in [0.15, 0.2) is 0 Å². The maximum absolute atomic E-state index is 3.51. The van der Waals surface area contributed by atoms with E-state index in [0.717, 1.165) is 13.7 Å². The summed E-state index contributed by atoms with van der Waals surface area (Å²) in [6.07, 6.45) is 2.32. The van der Waals surface area contributed by atoms with Gasteiger partial charge in [0.05, 0.1) is 0 Å². The molecule has 0 spiro atoms. The Kier molecular flexibility index (Phi) is 4.25. The summed E-state index contributed by atoms with van der Waals surface area (Å²) in [6.45, 7) is 4.41. The lowest BCUT2D eigenvalue weighted by atomic mass is 10.0. The Morgan fingerprint density at radius 3 is 2.75 bits per heavy atom. The van der Waals surface area contributed by atoms with Crippen molar-refractivity contribution in [2.75, 3.05) is 0 Å². The topological polar surface area (TPSA) is 0 Å². The van der Waals surface area contributed by atoms with E-state index in [2.05, 4.69) is 47.5 Å². The molecule has 0 aromatic heterocycles. The molecule has 1 atom stereocenters. The Hall–Kier alpha value is 0.130. The minimum Gasteiger partial charge on any atom is -0.0639 e. The van der Waals surface area contributed by atoms with Gasteiger partial charge in [0.25, 0.3) is 0 Å². The molecule has 1 rings (SSSR count). The van der Waals surface area contributed by atoms with Crippen molar-refractivity contribution in [1.29, 1.82) is 0 Å². The van der Waals surface area contributed by atoms with E-state index in [1.54, 1.807) is 0 Å². The highest BCUT2D eigenvalue weighted by atomic mass is 79.9. The molecule has 0 N–H and O–H groups in total. The average molecular weight is 245 g/mol. The highest BCUT2D eigenvalue weighted by molar-refractivity contribution is 9.36. The first-order valence-corrected chi connectivity index (χ1v) is 7.66. The van der Waals surface area contributed by atoms with Crippen molar-refractivity contribution >= 4 is 22.8 Å². The zero-order valence-electron chi connectivity index (χ0n) is 7.52. The minimum atomic E-state index is 0.844. The number of hydrogen-bond donors (Lipinski definition) is 0. The third-order valence-electron chi connectivity index (χ3n) is 2.13. The Balaban J connectivity index is 3.02. The van der Waals surface area contributed by atoms with Gasteiger partial charge in [-0.25, -0.2) is 0 Å². The van der Waals surface area contributed by atoms with Crippen LogP contribution in [0, 0.1) is 6.92 Å². The zero-order valence-corrected chi connectivity index (χ0v) is 10.1. The van der Waals surface area contributed by atoms with Gasteiger partial charge in [-0.3, -0.25) is 0 Å². The van der Waals surface area contributed by atoms with E-state index in [0.29, 0.717) is 0 Å². The van der Waals surface area contributed by atoms with Crippen molar-refractivity contribution in [1.82, 2.24) is 0 Å². The third-order valence-corrected chi connectivity index (χ3v) is 3.46. The molecule has 0 nitrogen and oxygen atoms in total. The van der Waals surface area contributed by atoms with Crippen LogP contribution in [0.4, 0.5) is 0 Å². The summed E-state index contributed by atoms with van der Waals surface area (Å²) in [4.78, 5) is 0. The Morgan fingerprint density at radius 2 is 2.17 bits per heavy atom. The molecule has 0 radical (unpaired) electrons. The lowest BCUT2D eigenvalue weighted by molar-refractivity contribution is 1.09. The van der Waals surface area contributed by atoms with Gasteiger partial charge >= 0.3 is 0 Å². The van der Waals surface area contributed by atoms with Crippen LogP contribution in [-0.4, -0.2) is 0 Å². The van der Waals surface area contributed by atoms with E-state index >= 15 is 0 Å². The molecular formula is C10H14BrP. The lowest BCUT2D eigenvalue weighted by Crippen LogP contribution is -1.92. The van der Waals surface area contributed by atoms with Crippen LogP contribution in [0.3, 0.4) is 0 Å². The molecule has 0 bridgehead atoms. The fourth-order valence-corrected chi connectivity index (χ4v) is 2.89. The van der Waals surface area contributed by atoms with Crippen LogP contribution in [0.15, 0.2) is 18.2 Å². The Labute approximate surface area is 84.3 Å². The largest absolute Gasteiger partial charge is 0.0639 e. The highest BCUT2D eigenvalue weighted by Crippen LogP contribution is 2.29. The number of hydrogen-bond acceptors (Lipinski definition) is 0. The molecule has 0 saturated heterocycles. The van der Waals surface area contributed by atoms with Crippen LogP contribution in [0.1, 0.15) is 23.6 Å². The molecule has 0 aliphatic carbocycles. The van der Waals surface area contributed by atoms with Crippen LogP contribution >= 0.6 is 22.8 Å². The van der Waals surface area contributed by atoms with Crippen LogP contribution in [0.5, 0.6) is 0 Å². The summed E-state index contributed by atoms with van der Waals surface area (Å²) in [7, 11) is 0.844. The van der Waals surface area contributed by atoms with Crippen LogP contribution in [0.2, 0.25) is 0 Å². The van der Waals surface area contributed by atoms with Gasteiger partial charge in [0.2, 0.25) is 0 Å². The zero-order chi connectivity index (χ0) is 8.97. The van der Waals surface area contributed by atoms with E-state index < -0.39 is 0 Å². The molecule has 1 aromatic rings. The minimum absolute atomic E-state index is 0.844. The summed E-state index contributed by atoms with van der Waals surface area (Å²) in [5.41, 5.74) is 4.47. The first-order valence-electron chi connectivity index (χ1n) is 4.20. The standard InChI is InChI=1S/C10H14BrP/c1-3-9-6-4-5-8(2)10(9)7-12-11/h4-6,12H,3,7H2,1-2H3. The van der Waals surface area contributed by atoms with E-state index in [-0.39, 0.29) is 0 Å². The van der Waals surface area contributed by atoms with Crippen molar-refractivity contribution < 1.29 is 0 Å². The predicted octanol–water partition coefficient (Wildman–Crippen LogP) is 4.05. The van der Waals surface area contributed by atoms with Crippen LogP contribution < -0.4 is 0 Å². The summed E-state index contributed by atoms with van der Waals surface area (Å²) in [5.74, 6) is 0. The van der Waals surface area contributed by atoms with E-state index in [1.165, 1.54) is 22.9 Å². The molecule has 0 aliphatic rings. The molecule has 0 aliphatic heterocycles. The Bertz CT molecular complexity index is 258.